The Balaban J connectivity index is 1.58. The number of hydrogen-bond donors (Lipinski definition) is 0. The van der Waals surface area contributed by atoms with Gasteiger partial charge in [0, 0.05) is 24.0 Å². The first-order valence-electron chi connectivity index (χ1n) is 7.58. The van der Waals surface area contributed by atoms with Crippen LogP contribution in [0, 0.1) is 0 Å². The van der Waals surface area contributed by atoms with Crippen molar-refractivity contribution in [2.45, 2.75) is 6.42 Å². The van der Waals surface area contributed by atoms with Gasteiger partial charge in [0.25, 0.3) is 0 Å². The second kappa shape index (κ2) is 7.90. The smallest absolute Gasteiger partial charge is 0.127 e. The standard InChI is InChI=1S/C18H18BrNO2S/c19-15-3-7-17(8-4-15)22-16-5-1-14(2-6-16)13-18(23)20-9-11-21-12-10-20/h1-8H,9-13H2. The molecule has 2 aromatic rings. The Hall–Kier alpha value is -1.43. The molecule has 0 spiro atoms. The summed E-state index contributed by atoms with van der Waals surface area (Å²) in [4.78, 5) is 3.21. The number of halogens is 1. The largest absolute Gasteiger partial charge is 0.457 e. The van der Waals surface area contributed by atoms with Gasteiger partial charge in [-0.3, -0.25) is 0 Å². The third kappa shape index (κ3) is 4.77. The summed E-state index contributed by atoms with van der Waals surface area (Å²) in [6.07, 6.45) is 0.786. The van der Waals surface area contributed by atoms with E-state index in [0.717, 1.165) is 53.7 Å². The van der Waals surface area contributed by atoms with Gasteiger partial charge in [-0.15, -0.1) is 0 Å². The van der Waals surface area contributed by atoms with Crippen molar-refractivity contribution in [2.24, 2.45) is 0 Å². The van der Waals surface area contributed by atoms with Gasteiger partial charge in [-0.2, -0.15) is 0 Å². The zero-order chi connectivity index (χ0) is 16.1. The summed E-state index contributed by atoms with van der Waals surface area (Å²) in [5.41, 5.74) is 1.20. The third-order valence-corrected chi connectivity index (χ3v) is 4.62. The van der Waals surface area contributed by atoms with E-state index >= 15 is 0 Å². The Morgan fingerprint density at radius 1 is 1.00 bits per heavy atom. The average Bonchev–Trinajstić information content (AvgIpc) is 2.59. The van der Waals surface area contributed by atoms with E-state index in [9.17, 15) is 0 Å². The number of hydrogen-bond acceptors (Lipinski definition) is 3. The van der Waals surface area contributed by atoms with Crippen molar-refractivity contribution in [3.8, 4) is 11.5 Å². The van der Waals surface area contributed by atoms with E-state index in [0.29, 0.717) is 0 Å². The molecule has 2 aromatic carbocycles. The Labute approximate surface area is 150 Å². The molecule has 0 amide bonds. The van der Waals surface area contributed by atoms with E-state index < -0.39 is 0 Å². The first-order valence-corrected chi connectivity index (χ1v) is 8.79. The highest BCUT2D eigenvalue weighted by molar-refractivity contribution is 9.10. The van der Waals surface area contributed by atoms with Gasteiger partial charge >= 0.3 is 0 Å². The van der Waals surface area contributed by atoms with E-state index in [4.69, 9.17) is 21.7 Å². The average molecular weight is 392 g/mol. The first-order chi connectivity index (χ1) is 11.2. The molecule has 1 aliphatic rings. The van der Waals surface area contributed by atoms with E-state index in [1.165, 1.54) is 5.56 Å². The molecule has 0 saturated carbocycles. The fraction of sp³-hybridized carbons (Fsp3) is 0.278. The van der Waals surface area contributed by atoms with Gasteiger partial charge in [-0.25, -0.2) is 0 Å². The Morgan fingerprint density at radius 3 is 2.17 bits per heavy atom. The monoisotopic (exact) mass is 391 g/mol. The molecule has 0 N–H and O–H groups in total. The number of ether oxygens (including phenoxy) is 2. The van der Waals surface area contributed by atoms with Crippen molar-refractivity contribution in [2.75, 3.05) is 26.3 Å². The summed E-state index contributed by atoms with van der Waals surface area (Å²) < 4.78 is 12.2. The quantitative estimate of drug-likeness (QED) is 0.717. The van der Waals surface area contributed by atoms with Crippen molar-refractivity contribution in [1.82, 2.24) is 4.90 Å². The van der Waals surface area contributed by atoms with Crippen LogP contribution >= 0.6 is 28.1 Å². The van der Waals surface area contributed by atoms with Gasteiger partial charge < -0.3 is 14.4 Å². The molecule has 5 heteroatoms. The molecular weight excluding hydrogens is 374 g/mol. The predicted molar refractivity (Wildman–Crippen MR) is 99.4 cm³/mol. The lowest BCUT2D eigenvalue weighted by Gasteiger charge is -2.29. The van der Waals surface area contributed by atoms with Gasteiger partial charge in [0.05, 0.1) is 18.2 Å². The summed E-state index contributed by atoms with van der Waals surface area (Å²) in [7, 11) is 0. The second-order valence-corrected chi connectivity index (χ2v) is 6.76. The number of benzene rings is 2. The minimum Gasteiger partial charge on any atom is -0.457 e. The van der Waals surface area contributed by atoms with E-state index in [2.05, 4.69) is 33.0 Å². The Kier molecular flexibility index (Phi) is 5.65. The van der Waals surface area contributed by atoms with Gasteiger partial charge in [-0.1, -0.05) is 40.3 Å². The van der Waals surface area contributed by atoms with Crippen molar-refractivity contribution < 1.29 is 9.47 Å². The summed E-state index contributed by atoms with van der Waals surface area (Å²) in [6.45, 7) is 3.31. The number of morpholine rings is 1. The molecule has 120 valence electrons. The summed E-state index contributed by atoms with van der Waals surface area (Å²) in [5.74, 6) is 1.65. The number of rotatable bonds is 4. The van der Waals surface area contributed by atoms with Crippen LogP contribution in [0.5, 0.6) is 11.5 Å². The molecule has 0 aliphatic carbocycles. The minimum atomic E-state index is 0.764. The molecular formula is C18H18BrNO2S. The highest BCUT2D eigenvalue weighted by Gasteiger charge is 2.13. The van der Waals surface area contributed by atoms with Crippen molar-refractivity contribution in [3.05, 3.63) is 58.6 Å². The minimum absolute atomic E-state index is 0.764. The van der Waals surface area contributed by atoms with E-state index in [1.54, 1.807) is 0 Å². The van der Waals surface area contributed by atoms with E-state index in [1.807, 2.05) is 36.4 Å². The molecule has 0 aromatic heterocycles. The Bertz CT molecular complexity index is 652. The lowest BCUT2D eigenvalue weighted by Crippen LogP contribution is -2.40. The van der Waals surface area contributed by atoms with Crippen molar-refractivity contribution in [1.29, 1.82) is 0 Å². The topological polar surface area (TPSA) is 21.7 Å². The van der Waals surface area contributed by atoms with Crippen molar-refractivity contribution in [3.63, 3.8) is 0 Å². The molecule has 0 radical (unpaired) electrons. The molecule has 23 heavy (non-hydrogen) atoms. The Morgan fingerprint density at radius 2 is 1.57 bits per heavy atom. The van der Waals surface area contributed by atoms with Gasteiger partial charge in [0.1, 0.15) is 11.5 Å². The molecule has 1 heterocycles. The maximum Gasteiger partial charge on any atom is 0.127 e. The van der Waals surface area contributed by atoms with Crippen LogP contribution < -0.4 is 4.74 Å². The van der Waals surface area contributed by atoms with Gasteiger partial charge in [0.2, 0.25) is 0 Å². The third-order valence-electron chi connectivity index (χ3n) is 3.69. The molecule has 1 aliphatic heterocycles. The van der Waals surface area contributed by atoms with Gasteiger partial charge in [0.15, 0.2) is 0 Å². The SMILES string of the molecule is S=C(Cc1ccc(Oc2ccc(Br)cc2)cc1)N1CCOCC1. The van der Waals surface area contributed by atoms with Crippen LogP contribution in [0.4, 0.5) is 0 Å². The zero-order valence-electron chi connectivity index (χ0n) is 12.7. The predicted octanol–water partition coefficient (Wildman–Crippen LogP) is 4.44. The van der Waals surface area contributed by atoms with Crippen molar-refractivity contribution >= 4 is 33.1 Å². The highest BCUT2D eigenvalue weighted by Crippen LogP contribution is 2.23. The van der Waals surface area contributed by atoms with Crippen LogP contribution in [-0.2, 0) is 11.2 Å². The number of thiocarbonyl (C=S) groups is 1. The number of nitrogens with zero attached hydrogens (tertiary/aromatic N) is 1. The lowest BCUT2D eigenvalue weighted by atomic mass is 10.1. The van der Waals surface area contributed by atoms with Gasteiger partial charge in [-0.05, 0) is 42.0 Å². The maximum absolute atomic E-state index is 5.83. The normalized spacial score (nSPS) is 14.6. The lowest BCUT2D eigenvalue weighted by molar-refractivity contribution is 0.0685. The van der Waals surface area contributed by atoms with E-state index in [-0.39, 0.29) is 0 Å². The van der Waals surface area contributed by atoms with Crippen LogP contribution in [0.15, 0.2) is 53.0 Å². The molecule has 1 fully saturated rings. The molecule has 0 bridgehead atoms. The highest BCUT2D eigenvalue weighted by atomic mass is 79.9. The summed E-state index contributed by atoms with van der Waals surface area (Å²) >= 11 is 8.96. The fourth-order valence-electron chi connectivity index (χ4n) is 2.41. The molecule has 0 atom stereocenters. The fourth-order valence-corrected chi connectivity index (χ4v) is 3.03. The van der Waals surface area contributed by atoms with Crippen LogP contribution in [0.2, 0.25) is 0 Å². The molecule has 0 unspecified atom stereocenters. The molecule has 1 saturated heterocycles. The zero-order valence-corrected chi connectivity index (χ0v) is 15.1. The first kappa shape index (κ1) is 16.4. The molecule has 3 rings (SSSR count). The summed E-state index contributed by atoms with van der Waals surface area (Å²) in [5, 5.41) is 0. The van der Waals surface area contributed by atoms with Crippen LogP contribution in [0.1, 0.15) is 5.56 Å². The van der Waals surface area contributed by atoms with Crippen LogP contribution in [0.25, 0.3) is 0 Å². The summed E-state index contributed by atoms with van der Waals surface area (Å²) in [6, 6.07) is 15.9. The maximum atomic E-state index is 5.83. The van der Waals surface area contributed by atoms with Crippen LogP contribution in [-0.4, -0.2) is 36.2 Å². The second-order valence-electron chi connectivity index (χ2n) is 5.37. The van der Waals surface area contributed by atoms with Crippen LogP contribution in [0.3, 0.4) is 0 Å². The molecule has 3 nitrogen and oxygen atoms in total.